The highest BCUT2D eigenvalue weighted by Gasteiger charge is 2.09. The number of benzene rings is 1. The Kier molecular flexibility index (Phi) is 6.55. The number of halogens is 3. The van der Waals surface area contributed by atoms with Crippen LogP contribution < -0.4 is 10.5 Å². The highest BCUT2D eigenvalue weighted by atomic mass is 79.9. The average Bonchev–Trinajstić information content (AvgIpc) is 2.21. The molecule has 0 aliphatic rings. The first-order valence-electron chi connectivity index (χ1n) is 5.16. The van der Waals surface area contributed by atoms with Crippen LogP contribution >= 0.6 is 43.5 Å². The zero-order valence-electron chi connectivity index (χ0n) is 9.42. The van der Waals surface area contributed by atoms with Gasteiger partial charge in [-0.05, 0) is 69.0 Å². The molecular formula is C12H14Br2ClNO. The van der Waals surface area contributed by atoms with Crippen molar-refractivity contribution in [3.63, 3.8) is 0 Å². The van der Waals surface area contributed by atoms with Crippen molar-refractivity contribution in [3.8, 4) is 5.75 Å². The van der Waals surface area contributed by atoms with Gasteiger partial charge in [0.1, 0.15) is 12.4 Å². The maximum atomic E-state index is 5.78. The molecule has 2 nitrogen and oxygen atoms in total. The molecule has 94 valence electrons. The van der Waals surface area contributed by atoms with Crippen LogP contribution in [0.4, 0.5) is 0 Å². The minimum Gasteiger partial charge on any atom is -0.487 e. The van der Waals surface area contributed by atoms with E-state index in [4.69, 9.17) is 22.1 Å². The van der Waals surface area contributed by atoms with Crippen LogP contribution in [0.2, 0.25) is 0 Å². The second-order valence-corrected chi connectivity index (χ2v) is 5.70. The van der Waals surface area contributed by atoms with Crippen molar-refractivity contribution >= 4 is 43.5 Å². The summed E-state index contributed by atoms with van der Waals surface area (Å²) in [6.45, 7) is 2.42. The Hall–Kier alpha value is -0.0300. The summed E-state index contributed by atoms with van der Waals surface area (Å²) in [4.78, 5) is 0. The molecule has 1 atom stereocenters. The molecule has 0 saturated heterocycles. The summed E-state index contributed by atoms with van der Waals surface area (Å²) in [6, 6.07) is 4.18. The molecule has 1 rings (SSSR count). The molecule has 0 spiro atoms. The van der Waals surface area contributed by atoms with Crippen molar-refractivity contribution in [1.29, 1.82) is 0 Å². The van der Waals surface area contributed by atoms with E-state index in [0.717, 1.165) is 21.1 Å². The van der Waals surface area contributed by atoms with Crippen molar-refractivity contribution < 1.29 is 4.74 Å². The molecular weight excluding hydrogens is 369 g/mol. The lowest BCUT2D eigenvalue weighted by atomic mass is 10.1. The van der Waals surface area contributed by atoms with Gasteiger partial charge in [0.15, 0.2) is 0 Å². The third-order valence-corrected chi connectivity index (χ3v) is 3.38. The topological polar surface area (TPSA) is 35.2 Å². The van der Waals surface area contributed by atoms with Crippen LogP contribution in [0.3, 0.4) is 0 Å². The number of rotatable bonds is 5. The summed E-state index contributed by atoms with van der Waals surface area (Å²) < 4.78 is 7.39. The van der Waals surface area contributed by atoms with Gasteiger partial charge >= 0.3 is 0 Å². The molecule has 17 heavy (non-hydrogen) atoms. The van der Waals surface area contributed by atoms with E-state index in [1.165, 1.54) is 11.1 Å². The molecule has 1 aromatic carbocycles. The molecule has 0 aliphatic heterocycles. The summed E-state index contributed by atoms with van der Waals surface area (Å²) in [7, 11) is 0. The van der Waals surface area contributed by atoms with Crippen LogP contribution in [0.25, 0.3) is 0 Å². The fourth-order valence-corrected chi connectivity index (χ4v) is 2.99. The van der Waals surface area contributed by atoms with Crippen LogP contribution in [0.1, 0.15) is 12.5 Å². The van der Waals surface area contributed by atoms with E-state index >= 15 is 0 Å². The third kappa shape index (κ3) is 5.00. The van der Waals surface area contributed by atoms with Gasteiger partial charge in [-0.1, -0.05) is 11.6 Å². The predicted molar refractivity (Wildman–Crippen MR) is 79.7 cm³/mol. The predicted octanol–water partition coefficient (Wildman–Crippen LogP) is 4.23. The van der Waals surface area contributed by atoms with Crippen LogP contribution in [0.15, 0.2) is 32.7 Å². The first kappa shape index (κ1) is 15.0. The molecule has 2 N–H and O–H groups in total. The minimum absolute atomic E-state index is 0.139. The summed E-state index contributed by atoms with van der Waals surface area (Å²) in [5, 5.41) is 0. The average molecular weight is 384 g/mol. The number of hydrogen-bond donors (Lipinski definition) is 1. The van der Waals surface area contributed by atoms with Gasteiger partial charge in [-0.3, -0.25) is 0 Å². The molecule has 0 aliphatic carbocycles. The van der Waals surface area contributed by atoms with E-state index in [9.17, 15) is 0 Å². The lowest BCUT2D eigenvalue weighted by Gasteiger charge is -2.12. The lowest BCUT2D eigenvalue weighted by molar-refractivity contribution is 0.358. The van der Waals surface area contributed by atoms with E-state index in [1.54, 1.807) is 6.08 Å². The van der Waals surface area contributed by atoms with Crippen molar-refractivity contribution in [3.05, 3.63) is 38.3 Å². The molecule has 5 heteroatoms. The van der Waals surface area contributed by atoms with Gasteiger partial charge in [-0.25, -0.2) is 0 Å². The zero-order valence-corrected chi connectivity index (χ0v) is 13.3. The van der Waals surface area contributed by atoms with Crippen LogP contribution in [0, 0.1) is 0 Å². The SMILES string of the molecule is CC(N)Cc1cc(Br)c(OC/C=C/Cl)c(Br)c1. The number of ether oxygens (including phenoxy) is 1. The quantitative estimate of drug-likeness (QED) is 0.826. The molecule has 0 amide bonds. The fraction of sp³-hybridized carbons (Fsp3) is 0.333. The Morgan fingerprint density at radius 1 is 1.41 bits per heavy atom. The second kappa shape index (κ2) is 7.41. The number of nitrogens with two attached hydrogens (primary N) is 1. The van der Waals surface area contributed by atoms with Crippen molar-refractivity contribution in [2.45, 2.75) is 19.4 Å². The Morgan fingerprint density at radius 3 is 2.47 bits per heavy atom. The molecule has 1 unspecified atom stereocenters. The largest absolute Gasteiger partial charge is 0.487 e. The van der Waals surface area contributed by atoms with Gasteiger partial charge in [0.25, 0.3) is 0 Å². The van der Waals surface area contributed by atoms with E-state index in [0.29, 0.717) is 6.61 Å². The Balaban J connectivity index is 2.86. The molecule has 0 bridgehead atoms. The smallest absolute Gasteiger partial charge is 0.148 e. The molecule has 0 radical (unpaired) electrons. The van der Waals surface area contributed by atoms with E-state index in [2.05, 4.69) is 31.9 Å². The van der Waals surface area contributed by atoms with Crippen molar-refractivity contribution in [1.82, 2.24) is 0 Å². The fourth-order valence-electron chi connectivity index (χ4n) is 1.41. The van der Waals surface area contributed by atoms with Crippen molar-refractivity contribution in [2.75, 3.05) is 6.61 Å². The molecule has 0 heterocycles. The summed E-state index contributed by atoms with van der Waals surface area (Å²) >= 11 is 12.4. The highest BCUT2D eigenvalue weighted by molar-refractivity contribution is 9.11. The molecule has 1 aromatic rings. The molecule has 0 fully saturated rings. The Bertz CT molecular complexity index is 384. The normalized spacial score (nSPS) is 13.0. The van der Waals surface area contributed by atoms with E-state index < -0.39 is 0 Å². The summed E-state index contributed by atoms with van der Waals surface area (Å²) in [6.07, 6.45) is 2.56. The summed E-state index contributed by atoms with van der Waals surface area (Å²) in [5.41, 5.74) is 8.38. The van der Waals surface area contributed by atoms with Gasteiger partial charge < -0.3 is 10.5 Å². The first-order chi connectivity index (χ1) is 8.04. The van der Waals surface area contributed by atoms with Gasteiger partial charge in [0, 0.05) is 11.6 Å². The summed E-state index contributed by atoms with van der Waals surface area (Å²) in [5.74, 6) is 0.771. The Labute approximate surface area is 123 Å². The van der Waals surface area contributed by atoms with Crippen LogP contribution in [0.5, 0.6) is 5.75 Å². The molecule has 0 saturated carbocycles. The monoisotopic (exact) mass is 381 g/mol. The van der Waals surface area contributed by atoms with Gasteiger partial charge in [-0.2, -0.15) is 0 Å². The maximum absolute atomic E-state index is 5.78. The zero-order chi connectivity index (χ0) is 12.8. The van der Waals surface area contributed by atoms with Crippen LogP contribution in [-0.4, -0.2) is 12.6 Å². The highest BCUT2D eigenvalue weighted by Crippen LogP contribution is 2.35. The maximum Gasteiger partial charge on any atom is 0.148 e. The Morgan fingerprint density at radius 2 is 2.00 bits per heavy atom. The number of hydrogen-bond acceptors (Lipinski definition) is 2. The minimum atomic E-state index is 0.139. The lowest BCUT2D eigenvalue weighted by Crippen LogP contribution is -2.17. The second-order valence-electron chi connectivity index (χ2n) is 3.74. The van der Waals surface area contributed by atoms with E-state index in [1.807, 2.05) is 19.1 Å². The van der Waals surface area contributed by atoms with Gasteiger partial charge in [-0.15, -0.1) is 0 Å². The van der Waals surface area contributed by atoms with Gasteiger partial charge in [0.05, 0.1) is 8.95 Å². The van der Waals surface area contributed by atoms with Gasteiger partial charge in [0.2, 0.25) is 0 Å². The molecule has 0 aromatic heterocycles. The first-order valence-corrected chi connectivity index (χ1v) is 7.18. The van der Waals surface area contributed by atoms with Crippen molar-refractivity contribution in [2.24, 2.45) is 5.73 Å². The third-order valence-electron chi connectivity index (χ3n) is 2.03. The van der Waals surface area contributed by atoms with E-state index in [-0.39, 0.29) is 6.04 Å². The standard InChI is InChI=1S/C12H14Br2ClNO/c1-8(16)5-9-6-10(13)12(11(14)7-9)17-4-2-3-15/h2-3,6-8H,4-5,16H2,1H3/b3-2+. The van der Waals surface area contributed by atoms with Crippen LogP contribution in [-0.2, 0) is 6.42 Å².